The predicted molar refractivity (Wildman–Crippen MR) is 214 cm³/mol. The van der Waals surface area contributed by atoms with E-state index in [1.54, 1.807) is 0 Å². The van der Waals surface area contributed by atoms with Gasteiger partial charge in [-0.3, -0.25) is 0 Å². The van der Waals surface area contributed by atoms with E-state index in [1.807, 2.05) is 0 Å². The summed E-state index contributed by atoms with van der Waals surface area (Å²) >= 11 is 0. The Hall–Kier alpha value is -6.38. The summed E-state index contributed by atoms with van der Waals surface area (Å²) in [7, 11) is 0. The van der Waals surface area contributed by atoms with Crippen molar-refractivity contribution >= 4 is 49.8 Å². The minimum atomic E-state index is -0.139. The molecule has 2 heteroatoms. The van der Waals surface area contributed by atoms with E-state index in [0.717, 1.165) is 60.9 Å². The second-order valence-electron chi connectivity index (χ2n) is 14.1. The van der Waals surface area contributed by atoms with E-state index in [1.165, 1.54) is 33.4 Å². The van der Waals surface area contributed by atoms with Crippen LogP contribution in [-0.4, -0.2) is 0 Å². The standard InChI is InChI=1S/C49H35NO/c1-49(2)42-23-13-11-19-37(42)38-30-29-36(31-43(38)49)50(35-27-25-33(26-28-35)32-15-5-3-6-16-32)47-39-20-9-10-21-40(39)48-46(41-22-12-14-24-44(41)51-48)45(47)34-17-7-4-8-18-34/h3-31H,1-2H3. The number of hydrogen-bond acceptors (Lipinski definition) is 2. The monoisotopic (exact) mass is 653 g/mol. The highest BCUT2D eigenvalue weighted by atomic mass is 16.3. The zero-order chi connectivity index (χ0) is 34.1. The molecule has 51 heavy (non-hydrogen) atoms. The molecule has 0 bridgehead atoms. The number of hydrogen-bond donors (Lipinski definition) is 0. The largest absolute Gasteiger partial charge is 0.455 e. The van der Waals surface area contributed by atoms with Crippen molar-refractivity contribution < 1.29 is 4.42 Å². The number of para-hydroxylation sites is 1. The lowest BCUT2D eigenvalue weighted by Crippen LogP contribution is -2.17. The molecule has 10 rings (SSSR count). The Morgan fingerprint density at radius 1 is 0.451 bits per heavy atom. The van der Waals surface area contributed by atoms with Crippen molar-refractivity contribution in [3.8, 4) is 33.4 Å². The third-order valence-electron chi connectivity index (χ3n) is 10.9. The zero-order valence-electron chi connectivity index (χ0n) is 28.6. The maximum atomic E-state index is 6.74. The highest BCUT2D eigenvalue weighted by Gasteiger charge is 2.36. The summed E-state index contributed by atoms with van der Waals surface area (Å²) in [6.45, 7) is 4.71. The molecule has 0 unspecified atom stereocenters. The second-order valence-corrected chi connectivity index (χ2v) is 14.1. The lowest BCUT2D eigenvalue weighted by Gasteiger charge is -2.31. The Balaban J connectivity index is 1.32. The van der Waals surface area contributed by atoms with Gasteiger partial charge in [0.2, 0.25) is 0 Å². The summed E-state index contributed by atoms with van der Waals surface area (Å²) in [4.78, 5) is 2.49. The van der Waals surface area contributed by atoms with Gasteiger partial charge >= 0.3 is 0 Å². The number of anilines is 3. The Kier molecular flexibility index (Phi) is 6.56. The van der Waals surface area contributed by atoms with Crippen molar-refractivity contribution in [2.45, 2.75) is 19.3 Å². The quantitative estimate of drug-likeness (QED) is 0.184. The summed E-state index contributed by atoms with van der Waals surface area (Å²) in [5.74, 6) is 0. The van der Waals surface area contributed by atoms with Crippen molar-refractivity contribution in [2.24, 2.45) is 0 Å². The van der Waals surface area contributed by atoms with Crippen LogP contribution in [0.1, 0.15) is 25.0 Å². The number of rotatable bonds is 5. The summed E-state index contributed by atoms with van der Waals surface area (Å²) in [5, 5.41) is 4.48. The Bertz CT molecular complexity index is 2760. The van der Waals surface area contributed by atoms with Crippen LogP contribution in [0.3, 0.4) is 0 Å². The highest BCUT2D eigenvalue weighted by molar-refractivity contribution is 6.27. The lowest BCUT2D eigenvalue weighted by atomic mass is 9.82. The average molecular weight is 654 g/mol. The van der Waals surface area contributed by atoms with Gasteiger partial charge in [-0.25, -0.2) is 0 Å². The third kappa shape index (κ3) is 4.50. The molecule has 0 N–H and O–H groups in total. The number of benzene rings is 8. The van der Waals surface area contributed by atoms with E-state index < -0.39 is 0 Å². The molecule has 8 aromatic carbocycles. The smallest absolute Gasteiger partial charge is 0.144 e. The summed E-state index contributed by atoms with van der Waals surface area (Å²) in [6.07, 6.45) is 0. The van der Waals surface area contributed by atoms with Gasteiger partial charge in [0.25, 0.3) is 0 Å². The zero-order valence-corrected chi connectivity index (χ0v) is 28.6. The topological polar surface area (TPSA) is 16.4 Å². The molecule has 1 aliphatic carbocycles. The Labute approximate surface area is 297 Å². The van der Waals surface area contributed by atoms with Crippen molar-refractivity contribution in [3.63, 3.8) is 0 Å². The molecule has 1 heterocycles. The van der Waals surface area contributed by atoms with Crippen LogP contribution in [0.5, 0.6) is 0 Å². The predicted octanol–water partition coefficient (Wildman–Crippen LogP) is 13.8. The van der Waals surface area contributed by atoms with Crippen molar-refractivity contribution in [2.75, 3.05) is 4.90 Å². The van der Waals surface area contributed by atoms with Crippen LogP contribution in [0.2, 0.25) is 0 Å². The number of fused-ring (bicyclic) bond motifs is 8. The fraction of sp³-hybridized carbons (Fsp3) is 0.0612. The van der Waals surface area contributed by atoms with E-state index in [-0.39, 0.29) is 5.41 Å². The molecule has 9 aromatic rings. The van der Waals surface area contributed by atoms with E-state index in [0.29, 0.717) is 0 Å². The van der Waals surface area contributed by atoms with E-state index in [2.05, 4.69) is 195 Å². The maximum absolute atomic E-state index is 6.74. The van der Waals surface area contributed by atoms with Crippen LogP contribution in [0.4, 0.5) is 17.1 Å². The van der Waals surface area contributed by atoms with Gasteiger partial charge in [0.05, 0.1) is 5.69 Å². The molecule has 2 nitrogen and oxygen atoms in total. The molecular formula is C49H35NO. The van der Waals surface area contributed by atoms with Crippen LogP contribution in [0.25, 0.3) is 66.1 Å². The van der Waals surface area contributed by atoms with Crippen LogP contribution in [-0.2, 0) is 5.41 Å². The maximum Gasteiger partial charge on any atom is 0.144 e. The first-order valence-electron chi connectivity index (χ1n) is 17.7. The molecule has 1 aliphatic rings. The first-order valence-corrected chi connectivity index (χ1v) is 17.7. The molecule has 0 amide bonds. The van der Waals surface area contributed by atoms with Crippen LogP contribution < -0.4 is 4.90 Å². The first kappa shape index (κ1) is 29.5. The van der Waals surface area contributed by atoms with Crippen molar-refractivity contribution in [3.05, 3.63) is 187 Å². The molecular weight excluding hydrogens is 619 g/mol. The number of furan rings is 1. The lowest BCUT2D eigenvalue weighted by molar-refractivity contribution is 0.660. The molecule has 0 spiro atoms. The van der Waals surface area contributed by atoms with Gasteiger partial charge in [0.1, 0.15) is 11.2 Å². The van der Waals surface area contributed by atoms with Gasteiger partial charge in [-0.2, -0.15) is 0 Å². The molecule has 0 saturated carbocycles. The Morgan fingerprint density at radius 2 is 1.02 bits per heavy atom. The molecule has 1 aromatic heterocycles. The Morgan fingerprint density at radius 3 is 1.78 bits per heavy atom. The summed E-state index contributed by atoms with van der Waals surface area (Å²) < 4.78 is 6.74. The van der Waals surface area contributed by atoms with Crippen LogP contribution in [0, 0.1) is 0 Å². The van der Waals surface area contributed by atoms with Crippen LogP contribution in [0.15, 0.2) is 180 Å². The molecule has 0 atom stereocenters. The van der Waals surface area contributed by atoms with E-state index >= 15 is 0 Å². The minimum absolute atomic E-state index is 0.139. The van der Waals surface area contributed by atoms with Gasteiger partial charge in [-0.05, 0) is 69.3 Å². The minimum Gasteiger partial charge on any atom is -0.455 e. The van der Waals surface area contributed by atoms with Crippen molar-refractivity contribution in [1.82, 2.24) is 0 Å². The van der Waals surface area contributed by atoms with E-state index in [4.69, 9.17) is 4.42 Å². The van der Waals surface area contributed by atoms with Gasteiger partial charge in [0.15, 0.2) is 0 Å². The molecule has 242 valence electrons. The normalized spacial score (nSPS) is 13.1. The van der Waals surface area contributed by atoms with Crippen molar-refractivity contribution in [1.29, 1.82) is 0 Å². The number of nitrogens with zero attached hydrogens (tertiary/aromatic N) is 1. The summed E-state index contributed by atoms with van der Waals surface area (Å²) in [6, 6.07) is 63.6. The molecule has 0 aliphatic heterocycles. The van der Waals surface area contributed by atoms with Gasteiger partial charge in [-0.1, -0.05) is 159 Å². The fourth-order valence-electron chi connectivity index (χ4n) is 8.41. The fourth-order valence-corrected chi connectivity index (χ4v) is 8.41. The second kappa shape index (κ2) is 11.3. The first-order chi connectivity index (χ1) is 25.1. The highest BCUT2D eigenvalue weighted by Crippen LogP contribution is 2.54. The van der Waals surface area contributed by atoms with Gasteiger partial charge < -0.3 is 9.32 Å². The third-order valence-corrected chi connectivity index (χ3v) is 10.9. The van der Waals surface area contributed by atoms with Crippen LogP contribution >= 0.6 is 0 Å². The summed E-state index contributed by atoms with van der Waals surface area (Å²) in [5.41, 5.74) is 15.1. The SMILES string of the molecule is CC1(C)c2ccccc2-c2ccc(N(c3ccc(-c4ccccc4)cc3)c3c(-c4ccccc4)c4c5ccccc5oc4c4ccccc34)cc21. The molecule has 0 saturated heterocycles. The van der Waals surface area contributed by atoms with E-state index in [9.17, 15) is 0 Å². The average Bonchev–Trinajstić information content (AvgIpc) is 3.68. The van der Waals surface area contributed by atoms with Gasteiger partial charge in [-0.15, -0.1) is 0 Å². The van der Waals surface area contributed by atoms with Gasteiger partial charge in [0, 0.05) is 43.9 Å². The molecule has 0 radical (unpaired) electrons. The molecule has 0 fully saturated rings.